The number of nitrogens with zero attached hydrogens (tertiary/aromatic N) is 2. The van der Waals surface area contributed by atoms with Crippen molar-refractivity contribution >= 4 is 46.8 Å². The highest BCUT2D eigenvalue weighted by Crippen LogP contribution is 2.61. The second kappa shape index (κ2) is 11.7. The number of carbonyl (C=O) groups is 3. The molecule has 1 N–H and O–H groups in total. The van der Waals surface area contributed by atoms with Gasteiger partial charge in [-0.1, -0.05) is 78.4 Å². The van der Waals surface area contributed by atoms with Gasteiger partial charge in [0.1, 0.15) is 6.04 Å². The molecule has 4 aliphatic rings. The Bertz CT molecular complexity index is 1380. The van der Waals surface area contributed by atoms with Crippen LogP contribution in [-0.4, -0.2) is 69.6 Å². The molecule has 9 heteroatoms. The first-order valence-electron chi connectivity index (χ1n) is 14.2. The molecule has 0 bridgehead atoms. The molecule has 4 heterocycles. The number of anilines is 1. The van der Waals surface area contributed by atoms with E-state index in [-0.39, 0.29) is 30.2 Å². The molecule has 6 rings (SSSR count). The Kier molecular flexibility index (Phi) is 7.99. The zero-order valence-electron chi connectivity index (χ0n) is 22.6. The minimum absolute atomic E-state index is 0.272. The van der Waals surface area contributed by atoms with E-state index >= 15 is 0 Å². The smallest absolute Gasteiger partial charge is 0.311 e. The van der Waals surface area contributed by atoms with Gasteiger partial charge in [-0.2, -0.15) is 0 Å². The summed E-state index contributed by atoms with van der Waals surface area (Å²) in [7, 11) is 0. The van der Waals surface area contributed by atoms with Crippen LogP contribution in [0.1, 0.15) is 24.8 Å². The number of aliphatic hydroxyl groups is 1. The second-order valence-electron chi connectivity index (χ2n) is 11.0. The Balaban J connectivity index is 1.48. The topological polar surface area (TPSA) is 87.2 Å². The Morgan fingerprint density at radius 1 is 1.02 bits per heavy atom. The highest BCUT2D eigenvalue weighted by Gasteiger charge is 2.71. The van der Waals surface area contributed by atoms with Gasteiger partial charge in [0.05, 0.1) is 46.5 Å². The number of para-hydroxylation sites is 1. The third-order valence-electron chi connectivity index (χ3n) is 8.60. The van der Waals surface area contributed by atoms with Crippen molar-refractivity contribution in [3.8, 4) is 0 Å². The molecule has 2 amide bonds. The molecule has 7 nitrogen and oxygen atoms in total. The molecule has 1 spiro atoms. The minimum Gasteiger partial charge on any atom is -0.465 e. The monoisotopic (exact) mass is 592 g/mol. The van der Waals surface area contributed by atoms with Gasteiger partial charge in [0.2, 0.25) is 5.91 Å². The molecule has 4 aliphatic heterocycles. The molecule has 0 aromatic heterocycles. The second-order valence-corrected chi connectivity index (χ2v) is 12.9. The van der Waals surface area contributed by atoms with Crippen LogP contribution in [0, 0.1) is 11.8 Å². The number of aliphatic hydroxyl groups excluding tert-OH is 1. The van der Waals surface area contributed by atoms with Crippen LogP contribution in [0.25, 0.3) is 0 Å². The van der Waals surface area contributed by atoms with E-state index in [1.54, 1.807) is 28.0 Å². The van der Waals surface area contributed by atoms with Crippen molar-refractivity contribution in [1.82, 2.24) is 4.90 Å². The maximum atomic E-state index is 14.7. The van der Waals surface area contributed by atoms with Gasteiger partial charge in [-0.05, 0) is 43.4 Å². The van der Waals surface area contributed by atoms with Crippen molar-refractivity contribution in [2.24, 2.45) is 11.8 Å². The number of carbonyl (C=O) groups excluding carboxylic acids is 3. The fourth-order valence-electron chi connectivity index (χ4n) is 6.77. The van der Waals surface area contributed by atoms with Crippen LogP contribution in [0.15, 0.2) is 78.9 Å². The number of cyclic esters (lactones) is 1. The molecule has 41 heavy (non-hydrogen) atoms. The van der Waals surface area contributed by atoms with Crippen molar-refractivity contribution in [3.05, 3.63) is 89.5 Å². The Hall–Kier alpha value is -3.07. The van der Waals surface area contributed by atoms with Gasteiger partial charge in [0, 0.05) is 11.8 Å². The Morgan fingerprint density at radius 3 is 2.59 bits per heavy atom. The van der Waals surface area contributed by atoms with E-state index in [0.717, 1.165) is 24.8 Å². The van der Waals surface area contributed by atoms with E-state index in [4.69, 9.17) is 16.3 Å². The average Bonchev–Trinajstić information content (AvgIpc) is 3.37. The van der Waals surface area contributed by atoms with E-state index in [2.05, 4.69) is 6.08 Å². The van der Waals surface area contributed by atoms with E-state index in [1.165, 1.54) is 11.8 Å². The zero-order chi connectivity index (χ0) is 28.6. The van der Waals surface area contributed by atoms with E-state index in [0.29, 0.717) is 23.7 Å². The molecule has 0 radical (unpaired) electrons. The summed E-state index contributed by atoms with van der Waals surface area (Å²) in [4.78, 5) is 46.0. The van der Waals surface area contributed by atoms with Crippen LogP contribution in [0.3, 0.4) is 0 Å². The Morgan fingerprint density at radius 2 is 1.80 bits per heavy atom. The third-order valence-corrected chi connectivity index (χ3v) is 10.7. The molecule has 2 aromatic carbocycles. The molecule has 2 aromatic rings. The van der Waals surface area contributed by atoms with Gasteiger partial charge >= 0.3 is 5.97 Å². The number of allylic oxidation sites excluding steroid dienone is 1. The van der Waals surface area contributed by atoms with Gasteiger partial charge in [0.15, 0.2) is 0 Å². The number of ether oxygens (including phenoxy) is 1. The van der Waals surface area contributed by atoms with Crippen LogP contribution in [0.4, 0.5) is 5.69 Å². The number of esters is 1. The first-order chi connectivity index (χ1) is 20.0. The molecule has 214 valence electrons. The van der Waals surface area contributed by atoms with E-state index in [9.17, 15) is 19.5 Å². The number of halogens is 1. The quantitative estimate of drug-likeness (QED) is 0.408. The fraction of sp³-hybridized carbons (Fsp3) is 0.406. The molecule has 6 atom stereocenters. The first-order valence-corrected chi connectivity index (χ1v) is 15.4. The number of hydrogen-bond donors (Lipinski definition) is 1. The van der Waals surface area contributed by atoms with E-state index in [1.807, 2.05) is 54.6 Å². The summed E-state index contributed by atoms with van der Waals surface area (Å²) in [5.74, 6) is -2.53. The number of benzene rings is 2. The maximum Gasteiger partial charge on any atom is 0.311 e. The van der Waals surface area contributed by atoms with Gasteiger partial charge < -0.3 is 19.6 Å². The van der Waals surface area contributed by atoms with Crippen LogP contribution in [0.2, 0.25) is 5.02 Å². The van der Waals surface area contributed by atoms with Gasteiger partial charge in [0.25, 0.3) is 5.91 Å². The van der Waals surface area contributed by atoms with Crippen LogP contribution in [0.5, 0.6) is 0 Å². The largest absolute Gasteiger partial charge is 0.465 e. The summed E-state index contributed by atoms with van der Waals surface area (Å²) in [5, 5.41) is 10.8. The number of thioether (sulfide) groups is 1. The summed E-state index contributed by atoms with van der Waals surface area (Å²) >= 11 is 8.06. The molecular weight excluding hydrogens is 560 g/mol. The van der Waals surface area contributed by atoms with Crippen LogP contribution in [-0.2, 0) is 25.5 Å². The number of hydrogen-bond acceptors (Lipinski definition) is 6. The average molecular weight is 593 g/mol. The van der Waals surface area contributed by atoms with Crippen molar-refractivity contribution in [2.75, 3.05) is 24.7 Å². The SMILES string of the molecule is O=C1OCCCC/C=C\[C@@H]2S[C@]34C=CCN(c5ccccc5Cl)C(=O)C3N([C@@H](CO)Cc3ccccc3)C(=O)[C@@H]4[C@H]12. The van der Waals surface area contributed by atoms with Crippen molar-refractivity contribution in [3.63, 3.8) is 0 Å². The van der Waals surface area contributed by atoms with Gasteiger partial charge in [-0.25, -0.2) is 0 Å². The normalized spacial score (nSPS) is 31.1. The maximum absolute atomic E-state index is 14.7. The minimum atomic E-state index is -1.01. The molecule has 1 unspecified atom stereocenters. The molecule has 2 fully saturated rings. The highest BCUT2D eigenvalue weighted by molar-refractivity contribution is 8.02. The van der Waals surface area contributed by atoms with Crippen molar-refractivity contribution in [2.45, 2.75) is 47.8 Å². The van der Waals surface area contributed by atoms with Gasteiger partial charge in [-0.3, -0.25) is 14.4 Å². The number of fused-ring (bicyclic) bond motifs is 2. The summed E-state index contributed by atoms with van der Waals surface area (Å²) in [6.45, 7) is 0.254. The predicted molar refractivity (Wildman–Crippen MR) is 160 cm³/mol. The molecule has 0 aliphatic carbocycles. The standard InChI is InChI=1S/C32H33ClN2O5S/c33-23-13-7-8-14-24(23)34-17-10-16-32-27(26-25(41-32)15-6-1-2-9-18-40-31(26)39)29(37)35(28(32)30(34)38)22(20-36)19-21-11-4-3-5-12-21/h3-8,10-16,22,25-28,36H,1-2,9,17-20H2/b15-6-/t22-,25+,26-,27+,28?,32+/m1/s1. The fourth-order valence-corrected chi connectivity index (χ4v) is 9.00. The molecule has 2 saturated heterocycles. The lowest BCUT2D eigenvalue weighted by molar-refractivity contribution is -0.153. The van der Waals surface area contributed by atoms with Gasteiger partial charge in [-0.15, -0.1) is 11.8 Å². The summed E-state index contributed by atoms with van der Waals surface area (Å²) in [5.41, 5.74) is 1.50. The first kappa shape index (κ1) is 28.1. The van der Waals surface area contributed by atoms with Crippen molar-refractivity contribution < 1.29 is 24.2 Å². The lowest BCUT2D eigenvalue weighted by Gasteiger charge is -2.38. The Labute approximate surface area is 249 Å². The van der Waals surface area contributed by atoms with Crippen LogP contribution >= 0.6 is 23.4 Å². The predicted octanol–water partition coefficient (Wildman–Crippen LogP) is 4.43. The summed E-state index contributed by atoms with van der Waals surface area (Å²) < 4.78 is 4.69. The number of likely N-dealkylation sites (tertiary alicyclic amines) is 1. The lowest BCUT2D eigenvalue weighted by Crippen LogP contribution is -2.57. The number of rotatable bonds is 5. The summed E-state index contributed by atoms with van der Waals surface area (Å²) in [6.07, 6.45) is 10.9. The van der Waals surface area contributed by atoms with Crippen molar-refractivity contribution in [1.29, 1.82) is 0 Å². The van der Waals surface area contributed by atoms with Crippen LogP contribution < -0.4 is 4.90 Å². The molecule has 0 saturated carbocycles. The lowest BCUT2D eigenvalue weighted by atomic mass is 9.78. The number of amides is 2. The highest BCUT2D eigenvalue weighted by atomic mass is 35.5. The summed E-state index contributed by atoms with van der Waals surface area (Å²) in [6, 6.07) is 15.2. The zero-order valence-corrected chi connectivity index (χ0v) is 24.2. The van der Waals surface area contributed by atoms with E-state index < -0.39 is 34.6 Å². The molecular formula is C32H33ClN2O5S. The third kappa shape index (κ3) is 4.90.